The Bertz CT molecular complexity index is 874. The van der Waals surface area contributed by atoms with E-state index < -0.39 is 23.3 Å². The van der Waals surface area contributed by atoms with Gasteiger partial charge in [0, 0.05) is 38.9 Å². The van der Waals surface area contributed by atoms with Gasteiger partial charge in [-0.2, -0.15) is 5.26 Å². The lowest BCUT2D eigenvalue weighted by Gasteiger charge is -2.45. The fourth-order valence-corrected chi connectivity index (χ4v) is 3.90. The normalized spacial score (nSPS) is 18.3. The fraction of sp³-hybridized carbons (Fsp3) is 0.565. The summed E-state index contributed by atoms with van der Waals surface area (Å²) in [6.07, 6.45) is 1.56. The molecule has 2 heterocycles. The molecule has 1 aromatic rings. The largest absolute Gasteiger partial charge is 0.459 e. The van der Waals surface area contributed by atoms with E-state index in [-0.39, 0.29) is 18.9 Å². The third-order valence-corrected chi connectivity index (χ3v) is 5.61. The minimum absolute atomic E-state index is 0.0215. The molecule has 2 saturated heterocycles. The van der Waals surface area contributed by atoms with E-state index >= 15 is 0 Å². The average molecular weight is 428 g/mol. The molecule has 8 nitrogen and oxygen atoms in total. The summed E-state index contributed by atoms with van der Waals surface area (Å²) >= 11 is 0. The molecular formula is C23H29N3O5. The van der Waals surface area contributed by atoms with Crippen molar-refractivity contribution in [2.24, 2.45) is 0 Å². The third-order valence-electron chi connectivity index (χ3n) is 5.61. The van der Waals surface area contributed by atoms with Gasteiger partial charge in [0.1, 0.15) is 17.7 Å². The second-order valence-corrected chi connectivity index (χ2v) is 9.18. The maximum atomic E-state index is 12.6. The van der Waals surface area contributed by atoms with Crippen LogP contribution in [0, 0.1) is 11.3 Å². The average Bonchev–Trinajstić information content (AvgIpc) is 2.70. The molecule has 0 unspecified atom stereocenters. The molecule has 3 rings (SSSR count). The summed E-state index contributed by atoms with van der Waals surface area (Å²) in [7, 11) is 0. The van der Waals surface area contributed by atoms with Crippen LogP contribution >= 0.6 is 0 Å². The van der Waals surface area contributed by atoms with Crippen molar-refractivity contribution < 1.29 is 23.9 Å². The summed E-state index contributed by atoms with van der Waals surface area (Å²) in [5, 5.41) is 8.87. The first-order valence-corrected chi connectivity index (χ1v) is 10.6. The number of esters is 1. The summed E-state index contributed by atoms with van der Waals surface area (Å²) in [4.78, 5) is 40.3. The predicted molar refractivity (Wildman–Crippen MR) is 112 cm³/mol. The van der Waals surface area contributed by atoms with E-state index in [0.717, 1.165) is 5.56 Å². The Balaban J connectivity index is 1.48. The molecule has 0 bridgehead atoms. The minimum atomic E-state index is -0.602. The maximum absolute atomic E-state index is 12.6. The third kappa shape index (κ3) is 5.97. The number of rotatable bonds is 4. The summed E-state index contributed by atoms with van der Waals surface area (Å²) < 4.78 is 11.0. The topological polar surface area (TPSA) is 99.9 Å². The van der Waals surface area contributed by atoms with Crippen LogP contribution in [-0.4, -0.2) is 65.2 Å². The summed E-state index contributed by atoms with van der Waals surface area (Å²) in [5.41, 5.74) is 0.254. The first-order chi connectivity index (χ1) is 14.6. The molecule has 0 saturated carbocycles. The lowest BCUT2D eigenvalue weighted by Crippen LogP contribution is -2.56. The fourth-order valence-electron chi connectivity index (χ4n) is 3.90. The van der Waals surface area contributed by atoms with Crippen LogP contribution in [0.15, 0.2) is 24.3 Å². The highest BCUT2D eigenvalue weighted by Gasteiger charge is 2.44. The molecule has 2 fully saturated rings. The number of carbonyl (C=O) groups is 3. The molecule has 2 aliphatic rings. The van der Waals surface area contributed by atoms with Crippen LogP contribution in [0.4, 0.5) is 4.79 Å². The zero-order valence-corrected chi connectivity index (χ0v) is 18.3. The van der Waals surface area contributed by atoms with Gasteiger partial charge in [-0.3, -0.25) is 14.5 Å². The maximum Gasteiger partial charge on any atom is 0.410 e. The Morgan fingerprint density at radius 2 is 1.74 bits per heavy atom. The molecule has 2 amide bonds. The van der Waals surface area contributed by atoms with E-state index in [1.54, 1.807) is 49.9 Å². The summed E-state index contributed by atoms with van der Waals surface area (Å²) in [5.74, 6) is -0.433. The molecule has 31 heavy (non-hydrogen) atoms. The van der Waals surface area contributed by atoms with Crippen LogP contribution in [0.25, 0.3) is 0 Å². The number of carbonyl (C=O) groups excluding carboxylic acids is 3. The Labute approximate surface area is 182 Å². The second-order valence-electron chi connectivity index (χ2n) is 9.18. The van der Waals surface area contributed by atoms with Gasteiger partial charge < -0.3 is 14.4 Å². The Morgan fingerprint density at radius 1 is 1.13 bits per heavy atom. The SMILES string of the molecule is CC(C)(C)OC(=O)CN1CCC2(CCN(C(=O)Cc3ccc(C#N)cc3)CC2)OC1=O. The number of piperidine rings is 1. The molecule has 0 aromatic heterocycles. The van der Waals surface area contributed by atoms with Crippen molar-refractivity contribution in [2.45, 2.75) is 57.7 Å². The van der Waals surface area contributed by atoms with Crippen molar-refractivity contribution in [3.63, 3.8) is 0 Å². The van der Waals surface area contributed by atoms with Gasteiger partial charge in [0.15, 0.2) is 0 Å². The zero-order valence-electron chi connectivity index (χ0n) is 18.3. The first kappa shape index (κ1) is 22.6. The van der Waals surface area contributed by atoms with Crippen LogP contribution in [-0.2, 0) is 25.5 Å². The first-order valence-electron chi connectivity index (χ1n) is 10.6. The molecule has 8 heteroatoms. The number of hydrogen-bond donors (Lipinski definition) is 0. The van der Waals surface area contributed by atoms with E-state index in [2.05, 4.69) is 6.07 Å². The van der Waals surface area contributed by atoms with Crippen molar-refractivity contribution in [2.75, 3.05) is 26.2 Å². The van der Waals surface area contributed by atoms with Crippen LogP contribution in [0.3, 0.4) is 0 Å². The summed E-state index contributed by atoms with van der Waals surface area (Å²) in [6.45, 7) is 6.70. The van der Waals surface area contributed by atoms with Gasteiger partial charge in [-0.15, -0.1) is 0 Å². The molecule has 1 aromatic carbocycles. The molecule has 0 aliphatic carbocycles. The Hall–Kier alpha value is -3.08. The number of benzene rings is 1. The highest BCUT2D eigenvalue weighted by Crippen LogP contribution is 2.34. The standard InChI is InChI=1S/C23H29N3O5/c1-22(2,3)30-20(28)16-26-13-10-23(31-21(26)29)8-11-25(12-9-23)19(27)14-17-4-6-18(15-24)7-5-17/h4-7H,8-14,16H2,1-3H3. The smallest absolute Gasteiger partial charge is 0.410 e. The predicted octanol–water partition coefficient (Wildman–Crippen LogP) is 2.65. The summed E-state index contributed by atoms with van der Waals surface area (Å²) in [6, 6.07) is 9.07. The van der Waals surface area contributed by atoms with E-state index in [1.807, 2.05) is 0 Å². The number of nitrogens with zero attached hydrogens (tertiary/aromatic N) is 3. The molecule has 0 radical (unpaired) electrons. The molecular weight excluding hydrogens is 398 g/mol. The van der Waals surface area contributed by atoms with Gasteiger partial charge in [0.05, 0.1) is 18.1 Å². The van der Waals surface area contributed by atoms with Crippen molar-refractivity contribution >= 4 is 18.0 Å². The van der Waals surface area contributed by atoms with Crippen molar-refractivity contribution in [3.05, 3.63) is 35.4 Å². The van der Waals surface area contributed by atoms with Crippen LogP contribution < -0.4 is 0 Å². The van der Waals surface area contributed by atoms with Gasteiger partial charge in [-0.05, 0) is 38.5 Å². The minimum Gasteiger partial charge on any atom is -0.459 e. The highest BCUT2D eigenvalue weighted by molar-refractivity contribution is 5.80. The van der Waals surface area contributed by atoms with E-state index in [9.17, 15) is 14.4 Å². The number of hydrogen-bond acceptors (Lipinski definition) is 6. The van der Waals surface area contributed by atoms with Crippen LogP contribution in [0.5, 0.6) is 0 Å². The molecule has 1 spiro atoms. The van der Waals surface area contributed by atoms with Gasteiger partial charge in [-0.25, -0.2) is 4.79 Å². The van der Waals surface area contributed by atoms with E-state index in [1.165, 1.54) is 4.90 Å². The van der Waals surface area contributed by atoms with Crippen molar-refractivity contribution in [1.82, 2.24) is 9.80 Å². The van der Waals surface area contributed by atoms with Gasteiger partial charge in [0.25, 0.3) is 0 Å². The Morgan fingerprint density at radius 3 is 2.29 bits per heavy atom. The quantitative estimate of drug-likeness (QED) is 0.685. The molecule has 0 atom stereocenters. The van der Waals surface area contributed by atoms with Crippen LogP contribution in [0.1, 0.15) is 51.2 Å². The number of ether oxygens (including phenoxy) is 2. The van der Waals surface area contributed by atoms with Crippen LogP contribution in [0.2, 0.25) is 0 Å². The Kier molecular flexibility index (Phi) is 6.54. The molecule has 2 aliphatic heterocycles. The lowest BCUT2D eigenvalue weighted by molar-refractivity contribution is -0.158. The van der Waals surface area contributed by atoms with E-state index in [4.69, 9.17) is 14.7 Å². The van der Waals surface area contributed by atoms with Gasteiger partial charge >= 0.3 is 12.1 Å². The number of nitriles is 1. The van der Waals surface area contributed by atoms with Gasteiger partial charge in [0.2, 0.25) is 5.91 Å². The monoisotopic (exact) mass is 427 g/mol. The second kappa shape index (κ2) is 8.96. The molecule has 0 N–H and O–H groups in total. The molecule has 166 valence electrons. The van der Waals surface area contributed by atoms with E-state index in [0.29, 0.717) is 44.5 Å². The van der Waals surface area contributed by atoms with Crippen molar-refractivity contribution in [3.8, 4) is 6.07 Å². The number of likely N-dealkylation sites (tertiary alicyclic amines) is 1. The van der Waals surface area contributed by atoms with Gasteiger partial charge in [-0.1, -0.05) is 12.1 Å². The zero-order chi connectivity index (χ0) is 22.6. The lowest BCUT2D eigenvalue weighted by atomic mass is 9.86. The number of amides is 2. The highest BCUT2D eigenvalue weighted by atomic mass is 16.6. The van der Waals surface area contributed by atoms with Crippen molar-refractivity contribution in [1.29, 1.82) is 5.26 Å².